The van der Waals surface area contributed by atoms with Crippen molar-refractivity contribution >= 4 is 12.1 Å². The van der Waals surface area contributed by atoms with Crippen LogP contribution in [0.5, 0.6) is 0 Å². The minimum Gasteiger partial charge on any atom is -0.331 e. The second kappa shape index (κ2) is 10.7. The Hall–Kier alpha value is -4.26. The van der Waals surface area contributed by atoms with Gasteiger partial charge < -0.3 is 10.2 Å². The SMILES string of the molecule is CN(Cc1ccncc1)C(=O)NC(CC1CCC2=Cc3c(cnn3-c3ccc(F)cc3)CC21C)c1ccccc1. The van der Waals surface area contributed by atoms with Gasteiger partial charge in [0, 0.05) is 26.0 Å². The lowest BCUT2D eigenvalue weighted by molar-refractivity contribution is 0.191. The first-order valence-corrected chi connectivity index (χ1v) is 13.9. The van der Waals surface area contributed by atoms with Crippen LogP contribution in [-0.2, 0) is 13.0 Å². The smallest absolute Gasteiger partial charge is 0.317 e. The van der Waals surface area contributed by atoms with E-state index in [9.17, 15) is 9.18 Å². The van der Waals surface area contributed by atoms with E-state index in [4.69, 9.17) is 0 Å². The summed E-state index contributed by atoms with van der Waals surface area (Å²) in [6, 6.07) is 20.5. The van der Waals surface area contributed by atoms with Crippen LogP contribution in [0.1, 0.15) is 54.6 Å². The number of allylic oxidation sites excluding steroid dienone is 1. The summed E-state index contributed by atoms with van der Waals surface area (Å²) in [5.41, 5.74) is 6.74. The summed E-state index contributed by atoms with van der Waals surface area (Å²) < 4.78 is 15.4. The highest BCUT2D eigenvalue weighted by atomic mass is 19.1. The molecular formula is C33H34FN5O. The van der Waals surface area contributed by atoms with Crippen molar-refractivity contribution in [2.75, 3.05) is 7.05 Å². The maximum atomic E-state index is 13.5. The molecule has 3 atom stereocenters. The number of hydrogen-bond donors (Lipinski definition) is 1. The molecule has 3 unspecified atom stereocenters. The molecular weight excluding hydrogens is 501 g/mol. The number of urea groups is 1. The van der Waals surface area contributed by atoms with Crippen LogP contribution in [0.15, 0.2) is 90.9 Å². The molecule has 0 radical (unpaired) electrons. The molecule has 0 spiro atoms. The molecule has 0 aliphatic heterocycles. The van der Waals surface area contributed by atoms with Gasteiger partial charge in [0.1, 0.15) is 5.82 Å². The first-order chi connectivity index (χ1) is 19.4. The van der Waals surface area contributed by atoms with Crippen LogP contribution in [0, 0.1) is 17.2 Å². The Morgan fingerprint density at radius 1 is 1.12 bits per heavy atom. The van der Waals surface area contributed by atoms with E-state index < -0.39 is 0 Å². The van der Waals surface area contributed by atoms with E-state index in [0.29, 0.717) is 12.5 Å². The summed E-state index contributed by atoms with van der Waals surface area (Å²) >= 11 is 0. The lowest BCUT2D eigenvalue weighted by Crippen LogP contribution is -2.40. The summed E-state index contributed by atoms with van der Waals surface area (Å²) in [4.78, 5) is 19.1. The maximum absolute atomic E-state index is 13.5. The number of carbonyl (C=O) groups is 1. The Balaban J connectivity index is 1.22. The zero-order valence-electron chi connectivity index (χ0n) is 22.9. The van der Waals surface area contributed by atoms with Gasteiger partial charge in [0.25, 0.3) is 0 Å². The van der Waals surface area contributed by atoms with Gasteiger partial charge in [-0.05, 0) is 96.2 Å². The molecule has 2 aromatic heterocycles. The Morgan fingerprint density at radius 2 is 1.88 bits per heavy atom. The molecule has 1 fully saturated rings. The zero-order chi connectivity index (χ0) is 27.7. The molecule has 2 aromatic carbocycles. The van der Waals surface area contributed by atoms with Gasteiger partial charge in [0.2, 0.25) is 0 Å². The monoisotopic (exact) mass is 535 g/mol. The number of nitrogens with one attached hydrogen (secondary N) is 1. The summed E-state index contributed by atoms with van der Waals surface area (Å²) in [6.07, 6.45) is 11.6. The van der Waals surface area contributed by atoms with Crippen molar-refractivity contribution in [2.45, 2.75) is 45.2 Å². The van der Waals surface area contributed by atoms with Crippen LogP contribution in [0.4, 0.5) is 9.18 Å². The first kappa shape index (κ1) is 26.0. The minimum atomic E-state index is -0.252. The van der Waals surface area contributed by atoms with E-state index in [1.807, 2.05) is 48.3 Å². The van der Waals surface area contributed by atoms with Crippen LogP contribution in [0.25, 0.3) is 11.8 Å². The van der Waals surface area contributed by atoms with Gasteiger partial charge in [-0.3, -0.25) is 4.98 Å². The molecule has 6 nitrogen and oxygen atoms in total. The average Bonchev–Trinajstić information content (AvgIpc) is 3.52. The summed E-state index contributed by atoms with van der Waals surface area (Å²) in [7, 11) is 1.83. The topological polar surface area (TPSA) is 63.1 Å². The molecule has 2 amide bonds. The first-order valence-electron chi connectivity index (χ1n) is 13.9. The van der Waals surface area contributed by atoms with Crippen LogP contribution in [0.2, 0.25) is 0 Å². The summed E-state index contributed by atoms with van der Waals surface area (Å²) in [6.45, 7) is 2.89. The molecule has 1 N–H and O–H groups in total. The Kier molecular flexibility index (Phi) is 6.96. The number of benzene rings is 2. The number of pyridine rings is 1. The standard InChI is InChI=1S/C33H34FN5O/c1-33-20-25-21-36-39(29-12-10-28(34)11-13-29)31(25)19-27(33)9-8-26(33)18-30(24-6-4-3-5-7-24)37-32(40)38(2)22-23-14-16-35-17-15-23/h3-7,10-17,19,21,26,30H,8-9,18,20,22H2,1-2H3,(H,37,40). The van der Waals surface area contributed by atoms with Gasteiger partial charge >= 0.3 is 6.03 Å². The number of amides is 2. The molecule has 0 bridgehead atoms. The molecule has 6 rings (SSSR count). The third kappa shape index (κ3) is 5.04. The highest BCUT2D eigenvalue weighted by molar-refractivity contribution is 5.74. The second-order valence-electron chi connectivity index (χ2n) is 11.3. The van der Waals surface area contributed by atoms with Crippen LogP contribution >= 0.6 is 0 Å². The van der Waals surface area contributed by atoms with E-state index in [1.165, 1.54) is 23.3 Å². The Morgan fingerprint density at radius 3 is 2.62 bits per heavy atom. The number of carbonyl (C=O) groups excluding carboxylic acids is 1. The largest absolute Gasteiger partial charge is 0.331 e. The number of halogens is 1. The number of hydrogen-bond acceptors (Lipinski definition) is 3. The van der Waals surface area contributed by atoms with Crippen LogP contribution in [0.3, 0.4) is 0 Å². The van der Waals surface area contributed by atoms with E-state index >= 15 is 0 Å². The fraction of sp³-hybridized carbons (Fsp3) is 0.303. The number of rotatable bonds is 7. The summed E-state index contributed by atoms with van der Waals surface area (Å²) in [5, 5.41) is 8.01. The van der Waals surface area contributed by atoms with E-state index in [2.05, 4.69) is 40.5 Å². The third-order valence-corrected chi connectivity index (χ3v) is 8.76. The third-order valence-electron chi connectivity index (χ3n) is 8.76. The highest BCUT2D eigenvalue weighted by Gasteiger charge is 2.46. The van der Waals surface area contributed by atoms with Crippen molar-refractivity contribution in [1.29, 1.82) is 0 Å². The molecule has 7 heteroatoms. The average molecular weight is 536 g/mol. The van der Waals surface area contributed by atoms with Crippen LogP contribution in [-0.4, -0.2) is 32.7 Å². The molecule has 2 aliphatic rings. The molecule has 1 saturated carbocycles. The Bertz CT molecular complexity index is 1520. The Labute approximate surface area is 234 Å². The van der Waals surface area contributed by atoms with Gasteiger partial charge in [-0.15, -0.1) is 0 Å². The van der Waals surface area contributed by atoms with Gasteiger partial charge in [-0.25, -0.2) is 13.9 Å². The fourth-order valence-electron chi connectivity index (χ4n) is 6.44. The van der Waals surface area contributed by atoms with Gasteiger partial charge in [-0.1, -0.05) is 42.8 Å². The second-order valence-corrected chi connectivity index (χ2v) is 11.3. The predicted molar refractivity (Wildman–Crippen MR) is 154 cm³/mol. The fourth-order valence-corrected chi connectivity index (χ4v) is 6.44. The van der Waals surface area contributed by atoms with Crippen LogP contribution < -0.4 is 5.32 Å². The van der Waals surface area contributed by atoms with Crippen molar-refractivity contribution in [1.82, 2.24) is 25.0 Å². The molecule has 40 heavy (non-hydrogen) atoms. The minimum absolute atomic E-state index is 0.00957. The number of aromatic nitrogens is 3. The predicted octanol–water partition coefficient (Wildman–Crippen LogP) is 6.74. The molecule has 2 aliphatic carbocycles. The van der Waals surface area contributed by atoms with Gasteiger partial charge in [-0.2, -0.15) is 5.10 Å². The lowest BCUT2D eigenvalue weighted by atomic mass is 9.68. The molecule has 4 aromatic rings. The van der Waals surface area contributed by atoms with E-state index in [-0.39, 0.29) is 23.3 Å². The molecule has 0 saturated heterocycles. The van der Waals surface area contributed by atoms with Gasteiger partial charge in [0.15, 0.2) is 0 Å². The lowest BCUT2D eigenvalue weighted by Gasteiger charge is -2.38. The van der Waals surface area contributed by atoms with Crippen molar-refractivity contribution < 1.29 is 9.18 Å². The van der Waals surface area contributed by atoms with Gasteiger partial charge in [0.05, 0.1) is 23.6 Å². The zero-order valence-corrected chi connectivity index (χ0v) is 22.9. The normalized spacial score (nSPS) is 20.3. The van der Waals surface area contributed by atoms with E-state index in [1.54, 1.807) is 29.4 Å². The maximum Gasteiger partial charge on any atom is 0.317 e. The van der Waals surface area contributed by atoms with E-state index in [0.717, 1.165) is 48.2 Å². The van der Waals surface area contributed by atoms with Crippen molar-refractivity contribution in [3.8, 4) is 5.69 Å². The van der Waals surface area contributed by atoms with Crippen molar-refractivity contribution in [3.05, 3.63) is 119 Å². The molecule has 2 heterocycles. The quantitative estimate of drug-likeness (QED) is 0.285. The van der Waals surface area contributed by atoms with Crippen molar-refractivity contribution in [2.24, 2.45) is 11.3 Å². The molecule has 204 valence electrons. The number of nitrogens with zero attached hydrogens (tertiary/aromatic N) is 4. The highest BCUT2D eigenvalue weighted by Crippen LogP contribution is 2.55. The van der Waals surface area contributed by atoms with Crippen molar-refractivity contribution in [3.63, 3.8) is 0 Å². The summed E-state index contributed by atoms with van der Waals surface area (Å²) in [5.74, 6) is 0.148. The number of fused-ring (bicyclic) bond motifs is 2.